The van der Waals surface area contributed by atoms with Crippen LogP contribution < -0.4 is 11.1 Å². The number of pyridine rings is 1. The minimum absolute atomic E-state index is 0.264. The lowest BCUT2D eigenvalue weighted by Gasteiger charge is -2.07. The van der Waals surface area contributed by atoms with Gasteiger partial charge >= 0.3 is 0 Å². The Kier molecular flexibility index (Phi) is 3.71. The third-order valence-electron chi connectivity index (χ3n) is 2.60. The van der Waals surface area contributed by atoms with Crippen molar-refractivity contribution in [2.45, 2.75) is 13.8 Å². The second-order valence-electron chi connectivity index (χ2n) is 4.36. The number of nitrogens with zero attached hydrogens (tertiary/aromatic N) is 1. The second kappa shape index (κ2) is 5.28. The van der Waals surface area contributed by atoms with Crippen molar-refractivity contribution in [2.75, 3.05) is 11.1 Å². The first-order valence-corrected chi connectivity index (χ1v) is 6.15. The number of nitrogens with two attached hydrogens (primary N) is 1. The number of anilines is 2. The van der Waals surface area contributed by atoms with Crippen LogP contribution in [0.3, 0.4) is 0 Å². The van der Waals surface area contributed by atoms with Crippen LogP contribution in [0.1, 0.15) is 21.6 Å². The summed E-state index contributed by atoms with van der Waals surface area (Å²) in [6.45, 7) is 3.83. The summed E-state index contributed by atoms with van der Waals surface area (Å²) in [7, 11) is 0. The molecule has 1 aromatic carbocycles. The van der Waals surface area contributed by atoms with Crippen LogP contribution in [-0.2, 0) is 0 Å². The van der Waals surface area contributed by atoms with Crippen LogP contribution in [0.2, 0.25) is 5.02 Å². The molecule has 5 heteroatoms. The molecule has 98 valence electrons. The maximum Gasteiger partial charge on any atom is 0.256 e. The molecule has 0 unspecified atom stereocenters. The normalized spacial score (nSPS) is 10.3. The summed E-state index contributed by atoms with van der Waals surface area (Å²) < 4.78 is 0. The third kappa shape index (κ3) is 3.23. The second-order valence-corrected chi connectivity index (χ2v) is 4.77. The zero-order valence-electron chi connectivity index (χ0n) is 10.7. The standard InChI is InChI=1S/C14H14ClN3O/c1-8-5-9(2)17-13(6-8)18-14(19)10-3-4-12(16)11(15)7-10/h3-7H,16H2,1-2H3,(H,17,18,19). The average Bonchev–Trinajstić information content (AvgIpc) is 2.31. The van der Waals surface area contributed by atoms with Crippen molar-refractivity contribution < 1.29 is 4.79 Å². The molecule has 0 aliphatic heterocycles. The third-order valence-corrected chi connectivity index (χ3v) is 2.93. The monoisotopic (exact) mass is 275 g/mol. The van der Waals surface area contributed by atoms with Crippen molar-refractivity contribution in [1.29, 1.82) is 0 Å². The largest absolute Gasteiger partial charge is 0.398 e. The van der Waals surface area contributed by atoms with Crippen LogP contribution in [0, 0.1) is 13.8 Å². The molecule has 0 spiro atoms. The number of aromatic nitrogens is 1. The zero-order chi connectivity index (χ0) is 14.0. The zero-order valence-corrected chi connectivity index (χ0v) is 11.5. The lowest BCUT2D eigenvalue weighted by molar-refractivity contribution is 0.102. The highest BCUT2D eigenvalue weighted by molar-refractivity contribution is 6.33. The molecule has 0 atom stereocenters. The number of amides is 1. The van der Waals surface area contributed by atoms with Crippen LogP contribution in [0.5, 0.6) is 0 Å². The molecule has 0 bridgehead atoms. The van der Waals surface area contributed by atoms with Crippen molar-refractivity contribution >= 4 is 29.0 Å². The summed E-state index contributed by atoms with van der Waals surface area (Å²) in [5.74, 6) is 0.259. The van der Waals surface area contributed by atoms with E-state index in [1.165, 1.54) is 6.07 Å². The molecule has 2 rings (SSSR count). The van der Waals surface area contributed by atoms with Gasteiger partial charge in [-0.3, -0.25) is 4.79 Å². The van der Waals surface area contributed by atoms with E-state index >= 15 is 0 Å². The lowest BCUT2D eigenvalue weighted by atomic mass is 10.2. The molecule has 1 heterocycles. The number of benzene rings is 1. The van der Waals surface area contributed by atoms with Crippen molar-refractivity contribution in [3.63, 3.8) is 0 Å². The fraction of sp³-hybridized carbons (Fsp3) is 0.143. The quantitative estimate of drug-likeness (QED) is 0.827. The smallest absolute Gasteiger partial charge is 0.256 e. The number of carbonyl (C=O) groups excluding carboxylic acids is 1. The summed E-state index contributed by atoms with van der Waals surface area (Å²) in [4.78, 5) is 16.3. The van der Waals surface area contributed by atoms with Gasteiger partial charge in [-0.05, 0) is 49.7 Å². The van der Waals surface area contributed by atoms with Gasteiger partial charge in [0.15, 0.2) is 0 Å². The molecule has 0 aliphatic rings. The molecular formula is C14H14ClN3O. The van der Waals surface area contributed by atoms with Gasteiger partial charge in [-0.1, -0.05) is 11.6 Å². The number of nitrogen functional groups attached to an aromatic ring is 1. The van der Waals surface area contributed by atoms with Crippen molar-refractivity contribution in [3.05, 3.63) is 52.2 Å². The minimum atomic E-state index is -0.264. The Morgan fingerprint density at radius 3 is 2.63 bits per heavy atom. The number of hydrogen-bond donors (Lipinski definition) is 2. The first-order chi connectivity index (χ1) is 8.95. The van der Waals surface area contributed by atoms with E-state index in [1.54, 1.807) is 12.1 Å². The number of carbonyl (C=O) groups is 1. The topological polar surface area (TPSA) is 68.0 Å². The molecule has 3 N–H and O–H groups in total. The summed E-state index contributed by atoms with van der Waals surface area (Å²) in [5.41, 5.74) is 8.39. The predicted octanol–water partition coefficient (Wildman–Crippen LogP) is 3.19. The number of aryl methyl sites for hydroxylation is 2. The molecule has 4 nitrogen and oxygen atoms in total. The van der Waals surface area contributed by atoms with E-state index in [1.807, 2.05) is 26.0 Å². The van der Waals surface area contributed by atoms with E-state index in [9.17, 15) is 4.79 Å². The summed E-state index contributed by atoms with van der Waals surface area (Å²) >= 11 is 5.89. The van der Waals surface area contributed by atoms with Gasteiger partial charge in [-0.15, -0.1) is 0 Å². The first kappa shape index (κ1) is 13.4. The number of nitrogens with one attached hydrogen (secondary N) is 1. The van der Waals surface area contributed by atoms with Crippen LogP contribution >= 0.6 is 11.6 Å². The number of hydrogen-bond acceptors (Lipinski definition) is 3. The molecular weight excluding hydrogens is 262 g/mol. The molecule has 0 radical (unpaired) electrons. The van der Waals surface area contributed by atoms with E-state index in [0.717, 1.165) is 11.3 Å². The van der Waals surface area contributed by atoms with Crippen molar-refractivity contribution in [1.82, 2.24) is 4.98 Å². The lowest BCUT2D eigenvalue weighted by Crippen LogP contribution is -2.13. The van der Waals surface area contributed by atoms with Gasteiger partial charge in [0.25, 0.3) is 5.91 Å². The average molecular weight is 276 g/mol. The van der Waals surface area contributed by atoms with Crippen LogP contribution in [-0.4, -0.2) is 10.9 Å². The highest BCUT2D eigenvalue weighted by atomic mass is 35.5. The molecule has 1 amide bonds. The van der Waals surface area contributed by atoms with Gasteiger partial charge in [-0.2, -0.15) is 0 Å². The molecule has 2 aromatic rings. The number of halogens is 1. The molecule has 0 saturated heterocycles. The summed E-state index contributed by atoms with van der Waals surface area (Å²) in [5, 5.41) is 3.10. The SMILES string of the molecule is Cc1cc(C)nc(NC(=O)c2ccc(N)c(Cl)c2)c1. The van der Waals surface area contributed by atoms with Gasteiger partial charge in [0, 0.05) is 11.3 Å². The minimum Gasteiger partial charge on any atom is -0.398 e. The Bertz CT molecular complexity index is 620. The van der Waals surface area contributed by atoms with Crippen LogP contribution in [0.4, 0.5) is 11.5 Å². The van der Waals surface area contributed by atoms with Crippen LogP contribution in [0.15, 0.2) is 30.3 Å². The van der Waals surface area contributed by atoms with E-state index in [-0.39, 0.29) is 5.91 Å². The molecule has 0 saturated carbocycles. The number of rotatable bonds is 2. The maximum atomic E-state index is 12.0. The van der Waals surface area contributed by atoms with Gasteiger partial charge in [-0.25, -0.2) is 4.98 Å². The molecule has 19 heavy (non-hydrogen) atoms. The Balaban J connectivity index is 2.22. The predicted molar refractivity (Wildman–Crippen MR) is 77.5 cm³/mol. The Labute approximate surface area is 116 Å². The molecule has 0 fully saturated rings. The molecule has 1 aromatic heterocycles. The van der Waals surface area contributed by atoms with Crippen molar-refractivity contribution in [2.24, 2.45) is 0 Å². The van der Waals surface area contributed by atoms with Gasteiger partial charge in [0.1, 0.15) is 5.82 Å². The Morgan fingerprint density at radius 2 is 2.00 bits per heavy atom. The van der Waals surface area contributed by atoms with Gasteiger partial charge in [0.05, 0.1) is 10.7 Å². The fourth-order valence-electron chi connectivity index (χ4n) is 1.76. The molecule has 0 aliphatic carbocycles. The highest BCUT2D eigenvalue weighted by Crippen LogP contribution is 2.20. The summed E-state index contributed by atoms with van der Waals surface area (Å²) in [6.07, 6.45) is 0. The van der Waals surface area contributed by atoms with E-state index in [0.29, 0.717) is 22.1 Å². The Hall–Kier alpha value is -2.07. The Morgan fingerprint density at radius 1 is 1.26 bits per heavy atom. The van der Waals surface area contributed by atoms with Crippen molar-refractivity contribution in [3.8, 4) is 0 Å². The van der Waals surface area contributed by atoms with Gasteiger partial charge < -0.3 is 11.1 Å². The first-order valence-electron chi connectivity index (χ1n) is 5.77. The highest BCUT2D eigenvalue weighted by Gasteiger charge is 2.09. The maximum absolute atomic E-state index is 12.0. The van der Waals surface area contributed by atoms with Gasteiger partial charge in [0.2, 0.25) is 0 Å². The fourth-order valence-corrected chi connectivity index (χ4v) is 1.94. The summed E-state index contributed by atoms with van der Waals surface area (Å²) in [6, 6.07) is 8.51. The van der Waals surface area contributed by atoms with E-state index in [2.05, 4.69) is 10.3 Å². The van der Waals surface area contributed by atoms with Crippen LogP contribution in [0.25, 0.3) is 0 Å². The van der Waals surface area contributed by atoms with E-state index < -0.39 is 0 Å². The van der Waals surface area contributed by atoms with E-state index in [4.69, 9.17) is 17.3 Å².